The fourth-order valence-corrected chi connectivity index (χ4v) is 1.84. The first-order valence-electron chi connectivity index (χ1n) is 5.10. The van der Waals surface area contributed by atoms with Crippen LogP contribution in [-0.2, 0) is 4.79 Å². The van der Waals surface area contributed by atoms with Crippen molar-refractivity contribution in [1.82, 2.24) is 0 Å². The Bertz CT molecular complexity index is 566. The standard InChI is InChI=1S/C13H12O3S/c1-16-11-5-4-8-6-10(12(17)13(14)15)3-2-9(8)7-11/h2-7,12,17H,1H3,(H,14,15). The molecule has 1 N–H and O–H groups in total. The number of rotatable bonds is 3. The van der Waals surface area contributed by atoms with Crippen LogP contribution in [0.3, 0.4) is 0 Å². The molecule has 4 heteroatoms. The van der Waals surface area contributed by atoms with Gasteiger partial charge in [-0.2, -0.15) is 12.6 Å². The molecule has 1 unspecified atom stereocenters. The van der Waals surface area contributed by atoms with Crippen LogP contribution in [0.4, 0.5) is 0 Å². The van der Waals surface area contributed by atoms with E-state index < -0.39 is 11.2 Å². The quantitative estimate of drug-likeness (QED) is 0.821. The zero-order valence-corrected chi connectivity index (χ0v) is 10.1. The molecule has 0 aliphatic heterocycles. The van der Waals surface area contributed by atoms with Crippen LogP contribution in [0.15, 0.2) is 36.4 Å². The zero-order chi connectivity index (χ0) is 12.4. The van der Waals surface area contributed by atoms with Crippen LogP contribution in [0.1, 0.15) is 10.8 Å². The number of fused-ring (bicyclic) bond motifs is 1. The van der Waals surface area contributed by atoms with Crippen molar-refractivity contribution < 1.29 is 14.6 Å². The summed E-state index contributed by atoms with van der Waals surface area (Å²) < 4.78 is 5.13. The van der Waals surface area contributed by atoms with E-state index in [9.17, 15) is 4.79 Å². The van der Waals surface area contributed by atoms with E-state index in [1.165, 1.54) is 0 Å². The van der Waals surface area contributed by atoms with Crippen molar-refractivity contribution in [2.24, 2.45) is 0 Å². The Morgan fingerprint density at radius 2 is 1.88 bits per heavy atom. The van der Waals surface area contributed by atoms with Gasteiger partial charge in [0.25, 0.3) is 0 Å². The number of thiol groups is 1. The molecule has 0 radical (unpaired) electrons. The summed E-state index contributed by atoms with van der Waals surface area (Å²) in [6.07, 6.45) is 0. The summed E-state index contributed by atoms with van der Waals surface area (Å²) in [5, 5.41) is 10.1. The molecule has 0 amide bonds. The maximum absolute atomic E-state index is 10.8. The normalized spacial score (nSPS) is 12.4. The van der Waals surface area contributed by atoms with Crippen LogP contribution in [0.25, 0.3) is 10.8 Å². The van der Waals surface area contributed by atoms with E-state index in [1.54, 1.807) is 13.2 Å². The smallest absolute Gasteiger partial charge is 0.320 e. The molecule has 0 aliphatic rings. The first-order valence-corrected chi connectivity index (χ1v) is 5.62. The Kier molecular flexibility index (Phi) is 3.24. The summed E-state index contributed by atoms with van der Waals surface area (Å²) >= 11 is 4.05. The van der Waals surface area contributed by atoms with Crippen molar-refractivity contribution in [3.05, 3.63) is 42.0 Å². The van der Waals surface area contributed by atoms with E-state index in [1.807, 2.05) is 30.3 Å². The highest BCUT2D eigenvalue weighted by Gasteiger charge is 2.14. The third kappa shape index (κ3) is 2.36. The second kappa shape index (κ2) is 4.67. The first-order chi connectivity index (χ1) is 8.11. The number of ether oxygens (including phenoxy) is 1. The lowest BCUT2D eigenvalue weighted by Gasteiger charge is -2.08. The molecule has 0 saturated carbocycles. The van der Waals surface area contributed by atoms with Crippen molar-refractivity contribution in [1.29, 1.82) is 0 Å². The van der Waals surface area contributed by atoms with Crippen LogP contribution in [0.2, 0.25) is 0 Å². The molecule has 0 saturated heterocycles. The van der Waals surface area contributed by atoms with Crippen LogP contribution in [-0.4, -0.2) is 18.2 Å². The largest absolute Gasteiger partial charge is 0.497 e. The molecule has 2 aromatic carbocycles. The number of hydrogen-bond acceptors (Lipinski definition) is 3. The molecule has 17 heavy (non-hydrogen) atoms. The molecular weight excluding hydrogens is 236 g/mol. The minimum Gasteiger partial charge on any atom is -0.497 e. The van der Waals surface area contributed by atoms with Gasteiger partial charge in [0, 0.05) is 0 Å². The van der Waals surface area contributed by atoms with Crippen molar-refractivity contribution >= 4 is 29.4 Å². The van der Waals surface area contributed by atoms with E-state index in [0.717, 1.165) is 16.5 Å². The summed E-state index contributed by atoms with van der Waals surface area (Å²) in [7, 11) is 1.61. The van der Waals surface area contributed by atoms with Crippen molar-refractivity contribution in [3.63, 3.8) is 0 Å². The average molecular weight is 248 g/mol. The lowest BCUT2D eigenvalue weighted by molar-refractivity contribution is -0.136. The van der Waals surface area contributed by atoms with Gasteiger partial charge in [0.1, 0.15) is 11.0 Å². The summed E-state index contributed by atoms with van der Waals surface area (Å²) in [6.45, 7) is 0. The van der Waals surface area contributed by atoms with Gasteiger partial charge in [0.05, 0.1) is 7.11 Å². The SMILES string of the molecule is COc1ccc2cc(C(S)C(=O)O)ccc2c1. The van der Waals surface area contributed by atoms with Crippen LogP contribution < -0.4 is 4.74 Å². The second-order valence-electron chi connectivity index (χ2n) is 3.71. The van der Waals surface area contributed by atoms with Crippen LogP contribution in [0, 0.1) is 0 Å². The van der Waals surface area contributed by atoms with Crippen LogP contribution in [0.5, 0.6) is 5.75 Å². The third-order valence-corrected chi connectivity index (χ3v) is 3.14. The van der Waals surface area contributed by atoms with Gasteiger partial charge in [0.15, 0.2) is 0 Å². The van der Waals surface area contributed by atoms with E-state index >= 15 is 0 Å². The maximum atomic E-state index is 10.8. The highest BCUT2D eigenvalue weighted by atomic mass is 32.1. The van der Waals surface area contributed by atoms with E-state index in [-0.39, 0.29) is 0 Å². The average Bonchev–Trinajstić information content (AvgIpc) is 2.36. The fraction of sp³-hybridized carbons (Fsp3) is 0.154. The fourth-order valence-electron chi connectivity index (χ4n) is 1.68. The monoisotopic (exact) mass is 248 g/mol. The summed E-state index contributed by atoms with van der Waals surface area (Å²) in [4.78, 5) is 10.8. The molecule has 0 bridgehead atoms. The number of carbonyl (C=O) groups is 1. The first kappa shape index (κ1) is 11.8. The molecule has 1 atom stereocenters. The van der Waals surface area contributed by atoms with Gasteiger partial charge in [-0.05, 0) is 34.5 Å². The van der Waals surface area contributed by atoms with E-state index in [4.69, 9.17) is 9.84 Å². The number of benzene rings is 2. The molecule has 3 nitrogen and oxygen atoms in total. The number of carboxylic acids is 1. The minimum absolute atomic E-state index is 0.679. The van der Waals surface area contributed by atoms with Crippen molar-refractivity contribution in [2.75, 3.05) is 7.11 Å². The molecule has 88 valence electrons. The lowest BCUT2D eigenvalue weighted by atomic mass is 10.0. The molecule has 2 rings (SSSR count). The van der Waals surface area contributed by atoms with Gasteiger partial charge in [-0.3, -0.25) is 4.79 Å². The summed E-state index contributed by atoms with van der Waals surface area (Å²) in [5.74, 6) is -0.160. The van der Waals surface area contributed by atoms with Gasteiger partial charge in [-0.1, -0.05) is 18.2 Å². The Morgan fingerprint density at radius 3 is 2.53 bits per heavy atom. The summed E-state index contributed by atoms with van der Waals surface area (Å²) in [6, 6.07) is 11.1. The Balaban J connectivity index is 2.48. The van der Waals surface area contributed by atoms with Crippen molar-refractivity contribution in [3.8, 4) is 5.75 Å². The number of hydrogen-bond donors (Lipinski definition) is 2. The molecule has 0 heterocycles. The topological polar surface area (TPSA) is 46.5 Å². The van der Waals surface area contributed by atoms with Crippen LogP contribution >= 0.6 is 12.6 Å². The van der Waals surface area contributed by atoms with E-state index in [0.29, 0.717) is 5.56 Å². The Hall–Kier alpha value is -1.68. The van der Waals surface area contributed by atoms with E-state index in [2.05, 4.69) is 12.6 Å². The number of methoxy groups -OCH3 is 1. The Labute approximate surface area is 104 Å². The highest BCUT2D eigenvalue weighted by Crippen LogP contribution is 2.26. The van der Waals surface area contributed by atoms with Gasteiger partial charge >= 0.3 is 5.97 Å². The lowest BCUT2D eigenvalue weighted by Crippen LogP contribution is -2.04. The molecule has 0 spiro atoms. The zero-order valence-electron chi connectivity index (χ0n) is 9.25. The van der Waals surface area contributed by atoms with Gasteiger partial charge in [-0.25, -0.2) is 0 Å². The second-order valence-corrected chi connectivity index (χ2v) is 4.23. The van der Waals surface area contributed by atoms with Crippen molar-refractivity contribution in [2.45, 2.75) is 5.25 Å². The Morgan fingerprint density at radius 1 is 1.24 bits per heavy atom. The minimum atomic E-state index is -0.943. The molecule has 0 aliphatic carbocycles. The van der Waals surface area contributed by atoms with Gasteiger partial charge in [0.2, 0.25) is 0 Å². The predicted octanol–water partition coefficient (Wildman–Crippen LogP) is 2.90. The number of aliphatic carboxylic acids is 1. The van der Waals surface area contributed by atoms with Gasteiger partial charge < -0.3 is 9.84 Å². The predicted molar refractivity (Wildman–Crippen MR) is 69.9 cm³/mol. The molecule has 2 aromatic rings. The maximum Gasteiger partial charge on any atom is 0.320 e. The van der Waals surface area contributed by atoms with Gasteiger partial charge in [-0.15, -0.1) is 0 Å². The third-order valence-electron chi connectivity index (χ3n) is 2.62. The molecular formula is C13H12O3S. The molecule has 0 aromatic heterocycles. The molecule has 0 fully saturated rings. The number of carboxylic acid groups (broad SMARTS) is 1. The summed E-state index contributed by atoms with van der Waals surface area (Å²) in [5.41, 5.74) is 0.679. The highest BCUT2D eigenvalue weighted by molar-refractivity contribution is 7.81.